The smallest absolute Gasteiger partial charge is 0.254 e. The van der Waals surface area contributed by atoms with Crippen LogP contribution in [0.25, 0.3) is 0 Å². The summed E-state index contributed by atoms with van der Waals surface area (Å²) >= 11 is 0. The number of H-pyrrole nitrogens is 1. The third kappa shape index (κ3) is 4.49. The summed E-state index contributed by atoms with van der Waals surface area (Å²) in [5, 5.41) is 0. The minimum atomic E-state index is -0.299. The molecule has 1 aromatic heterocycles. The summed E-state index contributed by atoms with van der Waals surface area (Å²) in [6.07, 6.45) is 8.25. The van der Waals surface area contributed by atoms with E-state index in [2.05, 4.69) is 9.88 Å². The van der Waals surface area contributed by atoms with E-state index in [1.165, 1.54) is 44.2 Å². The van der Waals surface area contributed by atoms with Crippen molar-refractivity contribution < 1.29 is 9.18 Å². The van der Waals surface area contributed by atoms with Crippen molar-refractivity contribution in [1.29, 1.82) is 0 Å². The predicted molar refractivity (Wildman–Crippen MR) is 120 cm³/mol. The minimum absolute atomic E-state index is 0.00983. The summed E-state index contributed by atoms with van der Waals surface area (Å²) in [6, 6.07) is 6.69. The van der Waals surface area contributed by atoms with Crippen molar-refractivity contribution >= 4 is 5.91 Å². The first-order chi connectivity index (χ1) is 15.6. The molecule has 5 rings (SSSR count). The highest BCUT2D eigenvalue weighted by Gasteiger charge is 2.32. The van der Waals surface area contributed by atoms with E-state index in [0.29, 0.717) is 19.1 Å². The molecule has 170 valence electrons. The molecule has 1 aliphatic carbocycles. The molecule has 0 spiro atoms. The molecule has 0 bridgehead atoms. The summed E-state index contributed by atoms with van der Waals surface area (Å²) in [5.74, 6) is 0.501. The molecule has 1 atom stereocenters. The Labute approximate surface area is 187 Å². The quantitative estimate of drug-likeness (QED) is 0.796. The largest absolute Gasteiger partial charge is 0.342 e. The zero-order valence-electron chi connectivity index (χ0n) is 18.5. The van der Waals surface area contributed by atoms with Gasteiger partial charge in [-0.3, -0.25) is 14.5 Å². The van der Waals surface area contributed by atoms with Gasteiger partial charge >= 0.3 is 0 Å². The van der Waals surface area contributed by atoms with E-state index < -0.39 is 0 Å². The van der Waals surface area contributed by atoms with Crippen molar-refractivity contribution in [3.63, 3.8) is 0 Å². The second-order valence-electron chi connectivity index (χ2n) is 9.52. The number of carbonyl (C=O) groups excluding carboxylic acids is 1. The molecule has 2 aliphatic heterocycles. The summed E-state index contributed by atoms with van der Waals surface area (Å²) in [6.45, 7) is 2.92. The molecule has 1 saturated heterocycles. The van der Waals surface area contributed by atoms with Crippen LogP contribution in [-0.4, -0.2) is 51.4 Å². The maximum absolute atomic E-state index is 13.1. The normalized spacial score (nSPS) is 22.2. The Hall–Kier alpha value is -2.54. The lowest BCUT2D eigenvalue weighted by molar-refractivity contribution is -0.129. The fourth-order valence-corrected chi connectivity index (χ4v) is 5.53. The molecule has 32 heavy (non-hydrogen) atoms. The molecule has 6 nitrogen and oxygen atoms in total. The highest BCUT2D eigenvalue weighted by molar-refractivity contribution is 5.79. The third-order valence-electron chi connectivity index (χ3n) is 7.41. The minimum Gasteiger partial charge on any atom is -0.342 e. The van der Waals surface area contributed by atoms with Crippen LogP contribution in [0, 0.1) is 5.82 Å². The molecule has 0 radical (unpaired) electrons. The number of aromatic amines is 1. The number of nitrogens with zero attached hydrogens (tertiary/aromatic N) is 3. The third-order valence-corrected chi connectivity index (χ3v) is 7.41. The fourth-order valence-electron chi connectivity index (χ4n) is 5.53. The van der Waals surface area contributed by atoms with E-state index in [4.69, 9.17) is 4.98 Å². The van der Waals surface area contributed by atoms with Crippen LogP contribution in [0.15, 0.2) is 29.1 Å². The van der Waals surface area contributed by atoms with Crippen molar-refractivity contribution in [1.82, 2.24) is 19.8 Å². The molecular formula is C25H31FN4O2. The molecule has 2 aromatic rings. The molecule has 0 unspecified atom stereocenters. The van der Waals surface area contributed by atoms with E-state index in [-0.39, 0.29) is 29.6 Å². The first-order valence-electron chi connectivity index (χ1n) is 11.9. The van der Waals surface area contributed by atoms with Gasteiger partial charge in [0.1, 0.15) is 11.6 Å². The fraction of sp³-hybridized carbons (Fsp3) is 0.560. The van der Waals surface area contributed by atoms with Gasteiger partial charge in [0, 0.05) is 43.7 Å². The lowest BCUT2D eigenvalue weighted by atomic mass is 9.92. The average molecular weight is 439 g/mol. The molecule has 7 heteroatoms. The van der Waals surface area contributed by atoms with Crippen LogP contribution >= 0.6 is 0 Å². The second kappa shape index (κ2) is 9.14. The van der Waals surface area contributed by atoms with Gasteiger partial charge in [0.15, 0.2) is 0 Å². The lowest BCUT2D eigenvalue weighted by Crippen LogP contribution is -2.42. The Morgan fingerprint density at radius 2 is 1.88 bits per heavy atom. The number of aromatic nitrogens is 2. The van der Waals surface area contributed by atoms with Crippen molar-refractivity contribution in [3.05, 3.63) is 63.1 Å². The number of carbonyl (C=O) groups is 1. The van der Waals surface area contributed by atoms with Crippen molar-refractivity contribution in [3.8, 4) is 0 Å². The summed E-state index contributed by atoms with van der Waals surface area (Å²) in [7, 11) is 0. The van der Waals surface area contributed by atoms with Gasteiger partial charge in [-0.25, -0.2) is 9.37 Å². The maximum Gasteiger partial charge on any atom is 0.254 e. The van der Waals surface area contributed by atoms with Crippen LogP contribution in [0.5, 0.6) is 0 Å². The number of amides is 1. The van der Waals surface area contributed by atoms with E-state index in [1.54, 1.807) is 12.1 Å². The maximum atomic E-state index is 13.1. The van der Waals surface area contributed by atoms with Crippen molar-refractivity contribution in [2.45, 2.75) is 69.9 Å². The van der Waals surface area contributed by atoms with Crippen LogP contribution in [0.2, 0.25) is 0 Å². The molecule has 1 amide bonds. The highest BCUT2D eigenvalue weighted by atomic mass is 19.1. The molecule has 3 heterocycles. The zero-order chi connectivity index (χ0) is 22.1. The van der Waals surface area contributed by atoms with Crippen molar-refractivity contribution in [2.75, 3.05) is 19.6 Å². The summed E-state index contributed by atoms with van der Waals surface area (Å²) in [4.78, 5) is 37.8. The van der Waals surface area contributed by atoms with Crippen LogP contribution < -0.4 is 5.56 Å². The van der Waals surface area contributed by atoms with E-state index >= 15 is 0 Å². The van der Waals surface area contributed by atoms with Crippen LogP contribution in [0.1, 0.15) is 67.1 Å². The zero-order valence-corrected chi connectivity index (χ0v) is 18.5. The number of fused-ring (bicyclic) bond motifs is 1. The Kier molecular flexibility index (Phi) is 6.09. The lowest BCUT2D eigenvalue weighted by Gasteiger charge is -2.37. The van der Waals surface area contributed by atoms with Gasteiger partial charge in [0.25, 0.3) is 5.56 Å². The SMILES string of the molecule is O=C(Cc1ccc(F)cc1)N1CC[C@@H](c2nc3c(c(=O)[nH]2)CCN(C2CCCCC2)C3)C1. The number of rotatable bonds is 4. The first-order valence-corrected chi connectivity index (χ1v) is 11.9. The Balaban J connectivity index is 1.26. The Morgan fingerprint density at radius 1 is 1.09 bits per heavy atom. The monoisotopic (exact) mass is 438 g/mol. The molecule has 2 fully saturated rings. The van der Waals surface area contributed by atoms with E-state index in [9.17, 15) is 14.0 Å². The molecular weight excluding hydrogens is 407 g/mol. The average Bonchev–Trinajstić information content (AvgIpc) is 3.31. The molecule has 1 aromatic carbocycles. The highest BCUT2D eigenvalue weighted by Crippen LogP contribution is 2.29. The van der Waals surface area contributed by atoms with Gasteiger partial charge in [-0.2, -0.15) is 0 Å². The predicted octanol–water partition coefficient (Wildman–Crippen LogP) is 3.16. The number of nitrogens with one attached hydrogen (secondary N) is 1. The van der Waals surface area contributed by atoms with Gasteiger partial charge < -0.3 is 9.88 Å². The van der Waals surface area contributed by atoms with Gasteiger partial charge in [-0.05, 0) is 43.4 Å². The van der Waals surface area contributed by atoms with Gasteiger partial charge in [0.2, 0.25) is 5.91 Å². The van der Waals surface area contributed by atoms with Gasteiger partial charge in [-0.1, -0.05) is 31.4 Å². The Morgan fingerprint density at radius 3 is 2.66 bits per heavy atom. The number of benzene rings is 1. The number of hydrogen-bond acceptors (Lipinski definition) is 4. The molecule has 1 N–H and O–H groups in total. The summed E-state index contributed by atoms with van der Waals surface area (Å²) < 4.78 is 13.1. The van der Waals surface area contributed by atoms with Crippen LogP contribution in [0.4, 0.5) is 4.39 Å². The molecule has 1 saturated carbocycles. The number of hydrogen-bond donors (Lipinski definition) is 1. The molecule has 3 aliphatic rings. The topological polar surface area (TPSA) is 69.3 Å². The van der Waals surface area contributed by atoms with Crippen LogP contribution in [0.3, 0.4) is 0 Å². The Bertz CT molecular complexity index is 1030. The number of halogens is 1. The second-order valence-corrected chi connectivity index (χ2v) is 9.52. The van der Waals surface area contributed by atoms with Gasteiger partial charge in [-0.15, -0.1) is 0 Å². The van der Waals surface area contributed by atoms with Crippen LogP contribution in [-0.2, 0) is 24.2 Å². The summed E-state index contributed by atoms with van der Waals surface area (Å²) in [5.41, 5.74) is 2.56. The van der Waals surface area contributed by atoms with Gasteiger partial charge in [0.05, 0.1) is 12.1 Å². The number of likely N-dealkylation sites (tertiary alicyclic amines) is 1. The van der Waals surface area contributed by atoms with E-state index in [0.717, 1.165) is 48.6 Å². The van der Waals surface area contributed by atoms with E-state index in [1.807, 2.05) is 4.90 Å². The van der Waals surface area contributed by atoms with Crippen molar-refractivity contribution in [2.24, 2.45) is 0 Å². The standard InChI is InChI=1S/C25H31FN4O2/c26-19-8-6-17(7-9-19)14-23(31)30-12-10-18(15-30)24-27-22-16-29(20-4-2-1-3-5-20)13-11-21(22)25(32)28-24/h6-9,18,20H,1-5,10-16H2,(H,27,28,32)/t18-/m1/s1. The first kappa shape index (κ1) is 21.3.